The molecule has 262 valence electrons. The zero-order valence-electron chi connectivity index (χ0n) is 27.1. The second kappa shape index (κ2) is 13.8. The Bertz CT molecular complexity index is 1340. The highest BCUT2D eigenvalue weighted by Gasteiger charge is 2.75. The highest BCUT2D eigenvalue weighted by atomic mass is 19.1. The summed E-state index contributed by atoms with van der Waals surface area (Å²) >= 11 is 0. The van der Waals surface area contributed by atoms with Crippen LogP contribution in [0.1, 0.15) is 72.6 Å². The van der Waals surface area contributed by atoms with Crippen LogP contribution in [0.3, 0.4) is 0 Å². The molecule has 0 aromatic carbocycles. The minimum absolute atomic E-state index is 0.0732. The highest BCUT2D eigenvalue weighted by Crippen LogP contribution is 2.70. The summed E-state index contributed by atoms with van der Waals surface area (Å²) < 4.78 is 27.6. The summed E-state index contributed by atoms with van der Waals surface area (Å²) in [5, 5.41) is 42.4. The first-order valence-corrected chi connectivity index (χ1v) is 15.9. The van der Waals surface area contributed by atoms with Crippen molar-refractivity contribution in [2.24, 2.45) is 28.6 Å². The summed E-state index contributed by atoms with van der Waals surface area (Å²) in [5.74, 6) is -5.53. The molecule has 4 aliphatic carbocycles. The Morgan fingerprint density at radius 3 is 2.47 bits per heavy atom. The summed E-state index contributed by atoms with van der Waals surface area (Å²) in [5.41, 5.74) is -6.08. The molecule has 0 heterocycles. The second-order valence-corrected chi connectivity index (χ2v) is 13.7. The van der Waals surface area contributed by atoms with Crippen LogP contribution in [0.4, 0.5) is 4.39 Å². The Kier molecular flexibility index (Phi) is 10.8. The number of halogens is 1. The standard InChI is InChI=1S/C32H45FN2O12/c1-18-13-23-22-8-7-20-14-21(37)9-10-29(20,3)31(22,33)25(38)16-30(23,4)32(18,42)26(39)17-46-27(40)15-24(34-19(2)36)28(41)45-11-5-6-12-47-35(43)44/h9-10,14,18,22-25,38,42-44H,5-8,11-13,15-17H2,1-4H3,(H,34,36)/t18-,22-,23-,24?,25-,29-,30-,31-,32-/m0/s1. The van der Waals surface area contributed by atoms with Gasteiger partial charge in [0.05, 0.1) is 31.1 Å². The molecular weight excluding hydrogens is 623 g/mol. The number of fused-ring (bicyclic) bond motifs is 5. The number of esters is 2. The largest absolute Gasteiger partial charge is 0.464 e. The Morgan fingerprint density at radius 1 is 1.13 bits per heavy atom. The third-order valence-corrected chi connectivity index (χ3v) is 11.0. The smallest absolute Gasteiger partial charge is 0.329 e. The molecule has 1 unspecified atom stereocenters. The fraction of sp³-hybridized carbons (Fsp3) is 0.719. The number of ether oxygens (including phenoxy) is 2. The minimum atomic E-state index is -2.14. The first-order chi connectivity index (χ1) is 21.9. The van der Waals surface area contributed by atoms with Crippen molar-refractivity contribution < 1.29 is 63.3 Å². The van der Waals surface area contributed by atoms with E-state index in [-0.39, 0.29) is 38.3 Å². The molecule has 5 N–H and O–H groups in total. The number of ketones is 2. The van der Waals surface area contributed by atoms with Gasteiger partial charge in [0.2, 0.25) is 11.7 Å². The van der Waals surface area contributed by atoms with Crippen molar-refractivity contribution in [1.82, 2.24) is 10.7 Å². The number of hydrogen-bond acceptors (Lipinski definition) is 13. The normalized spacial score (nSPS) is 36.5. The third-order valence-electron chi connectivity index (χ3n) is 11.0. The molecule has 4 rings (SSSR count). The Morgan fingerprint density at radius 2 is 1.81 bits per heavy atom. The van der Waals surface area contributed by atoms with Gasteiger partial charge in [0.25, 0.3) is 0 Å². The fourth-order valence-corrected chi connectivity index (χ4v) is 8.68. The number of aliphatic hydroxyl groups is 2. The van der Waals surface area contributed by atoms with Crippen LogP contribution < -0.4 is 5.32 Å². The number of allylic oxidation sites excluding steroid dienone is 4. The average molecular weight is 669 g/mol. The molecule has 1 amide bonds. The topological polar surface area (TPSA) is 209 Å². The minimum Gasteiger partial charge on any atom is -0.464 e. The lowest BCUT2D eigenvalue weighted by atomic mass is 9.44. The Labute approximate surface area is 271 Å². The van der Waals surface area contributed by atoms with Gasteiger partial charge >= 0.3 is 11.9 Å². The van der Waals surface area contributed by atoms with Gasteiger partial charge in [-0.05, 0) is 69.4 Å². The molecule has 0 aromatic heterocycles. The number of hydrogen-bond donors (Lipinski definition) is 5. The lowest BCUT2D eigenvalue weighted by molar-refractivity contribution is -0.492. The van der Waals surface area contributed by atoms with Crippen LogP contribution in [0.5, 0.6) is 0 Å². The van der Waals surface area contributed by atoms with Crippen molar-refractivity contribution >= 4 is 29.4 Å². The summed E-state index contributed by atoms with van der Waals surface area (Å²) in [6.07, 6.45) is 3.41. The number of unbranched alkanes of at least 4 members (excludes halogenated alkanes) is 1. The van der Waals surface area contributed by atoms with E-state index in [1.165, 1.54) is 18.2 Å². The first kappa shape index (κ1) is 36.8. The molecule has 3 fully saturated rings. The number of carbonyl (C=O) groups excluding carboxylic acids is 5. The van der Waals surface area contributed by atoms with E-state index in [9.17, 15) is 34.2 Å². The number of rotatable bonds is 13. The number of amides is 1. The average Bonchev–Trinajstić information content (AvgIpc) is 3.19. The zero-order chi connectivity index (χ0) is 34.9. The van der Waals surface area contributed by atoms with Gasteiger partial charge in [0.15, 0.2) is 18.1 Å². The zero-order valence-corrected chi connectivity index (χ0v) is 27.1. The van der Waals surface area contributed by atoms with Crippen LogP contribution in [0, 0.1) is 28.6 Å². The van der Waals surface area contributed by atoms with Crippen molar-refractivity contribution in [2.45, 2.75) is 96.1 Å². The molecule has 0 spiro atoms. The van der Waals surface area contributed by atoms with Crippen molar-refractivity contribution in [3.63, 3.8) is 0 Å². The van der Waals surface area contributed by atoms with E-state index in [0.29, 0.717) is 24.8 Å². The lowest BCUT2D eigenvalue weighted by Gasteiger charge is -2.62. The van der Waals surface area contributed by atoms with Crippen LogP contribution in [0.2, 0.25) is 0 Å². The van der Waals surface area contributed by atoms with E-state index in [4.69, 9.17) is 19.9 Å². The predicted molar refractivity (Wildman–Crippen MR) is 158 cm³/mol. The maximum Gasteiger partial charge on any atom is 0.329 e. The molecule has 15 heteroatoms. The van der Waals surface area contributed by atoms with Crippen LogP contribution in [0.25, 0.3) is 0 Å². The molecule has 9 atom stereocenters. The van der Waals surface area contributed by atoms with Gasteiger partial charge in [-0.25, -0.2) is 9.18 Å². The van der Waals surface area contributed by atoms with Gasteiger partial charge in [-0.3, -0.25) is 34.4 Å². The lowest BCUT2D eigenvalue weighted by Crippen LogP contribution is -2.69. The van der Waals surface area contributed by atoms with Crippen molar-refractivity contribution in [3.05, 3.63) is 23.8 Å². The Balaban J connectivity index is 1.42. The highest BCUT2D eigenvalue weighted by molar-refractivity contribution is 6.01. The molecule has 0 aromatic rings. The van der Waals surface area contributed by atoms with Crippen LogP contribution in [-0.4, -0.2) is 98.7 Å². The number of nitrogens with zero attached hydrogens (tertiary/aromatic N) is 1. The van der Waals surface area contributed by atoms with Crippen LogP contribution in [-0.2, 0) is 38.3 Å². The monoisotopic (exact) mass is 668 g/mol. The number of aliphatic hydroxyl groups excluding tert-OH is 1. The van der Waals surface area contributed by atoms with E-state index < -0.39 is 94.0 Å². The van der Waals surface area contributed by atoms with Crippen molar-refractivity contribution in [3.8, 4) is 0 Å². The van der Waals surface area contributed by atoms with Crippen molar-refractivity contribution in [1.29, 1.82) is 0 Å². The van der Waals surface area contributed by atoms with Crippen molar-refractivity contribution in [2.75, 3.05) is 19.8 Å². The third kappa shape index (κ3) is 6.53. The molecule has 3 saturated carbocycles. The predicted octanol–water partition coefficient (Wildman–Crippen LogP) is 1.68. The summed E-state index contributed by atoms with van der Waals surface area (Å²) in [6, 6.07) is -1.42. The molecule has 0 radical (unpaired) electrons. The number of alkyl halides is 1. The van der Waals surface area contributed by atoms with E-state index in [1.807, 2.05) is 0 Å². The SMILES string of the molecule is CC(=O)NC(CC(=O)OCC(=O)[C@@]1(O)[C@@H](C)C[C@H]2[C@@H]3CCC4=CC(=O)C=C[C@]4(C)[C@@]3(F)[C@@H](O)C[C@@]21C)C(=O)OCCCCON(O)O. The summed E-state index contributed by atoms with van der Waals surface area (Å²) in [7, 11) is 0. The molecule has 0 saturated heterocycles. The van der Waals surface area contributed by atoms with E-state index in [2.05, 4.69) is 10.2 Å². The summed E-state index contributed by atoms with van der Waals surface area (Å²) in [4.78, 5) is 67.1. The van der Waals surface area contributed by atoms with E-state index >= 15 is 4.39 Å². The first-order valence-electron chi connectivity index (χ1n) is 15.9. The number of Topliss-reactive ketones (excluding diaryl/α,β-unsaturated/α-hetero) is 1. The quantitative estimate of drug-likeness (QED) is 0.108. The Hall–Kier alpha value is -3.08. The molecule has 14 nitrogen and oxygen atoms in total. The van der Waals surface area contributed by atoms with Gasteiger partial charge in [0, 0.05) is 23.7 Å². The molecule has 47 heavy (non-hydrogen) atoms. The van der Waals surface area contributed by atoms with Gasteiger partial charge in [-0.1, -0.05) is 25.5 Å². The maximum atomic E-state index is 17.4. The second-order valence-electron chi connectivity index (χ2n) is 13.7. The molecular formula is C32H45FN2O12. The summed E-state index contributed by atoms with van der Waals surface area (Å²) in [6.45, 7) is 5.10. The van der Waals surface area contributed by atoms with E-state index in [0.717, 1.165) is 6.92 Å². The number of carbonyl (C=O) groups is 5. The fourth-order valence-electron chi connectivity index (χ4n) is 8.68. The van der Waals surface area contributed by atoms with Gasteiger partial charge in [0.1, 0.15) is 11.6 Å². The molecule has 4 aliphatic rings. The van der Waals surface area contributed by atoms with Crippen LogP contribution in [0.15, 0.2) is 23.8 Å². The van der Waals surface area contributed by atoms with E-state index in [1.54, 1.807) is 20.8 Å². The molecule has 0 aliphatic heterocycles. The van der Waals surface area contributed by atoms with Gasteiger partial charge in [-0.15, -0.1) is 0 Å². The van der Waals surface area contributed by atoms with Crippen LogP contribution >= 0.6 is 0 Å². The van der Waals surface area contributed by atoms with Gasteiger partial charge < -0.3 is 25.0 Å². The molecule has 0 bridgehead atoms. The maximum absolute atomic E-state index is 17.4. The number of nitrogens with one attached hydrogen (secondary N) is 1. The van der Waals surface area contributed by atoms with Gasteiger partial charge in [-0.2, -0.15) is 0 Å².